The van der Waals surface area contributed by atoms with Crippen LogP contribution >= 0.6 is 0 Å². The monoisotopic (exact) mass is 184 g/mol. The Labute approximate surface area is 70.5 Å². The summed E-state index contributed by atoms with van der Waals surface area (Å²) < 4.78 is 35.0. The van der Waals surface area contributed by atoms with Crippen LogP contribution < -0.4 is 10.6 Å². The molecule has 0 spiro atoms. The summed E-state index contributed by atoms with van der Waals surface area (Å²) in [6.07, 6.45) is -4.11. The molecule has 0 aliphatic rings. The van der Waals surface area contributed by atoms with Crippen LogP contribution in [0.15, 0.2) is 0 Å². The number of rotatable bonds is 5. The van der Waals surface area contributed by atoms with Gasteiger partial charge in [-0.1, -0.05) is 6.92 Å². The smallest absolute Gasteiger partial charge is 0.315 e. The van der Waals surface area contributed by atoms with Crippen molar-refractivity contribution in [2.45, 2.75) is 26.1 Å². The number of hydrogen-bond donors (Lipinski definition) is 2. The maximum Gasteiger partial charge on any atom is 0.401 e. The Bertz CT molecular complexity index is 114. The van der Waals surface area contributed by atoms with Gasteiger partial charge in [-0.25, -0.2) is 0 Å². The standard InChI is InChI=1S/C7H15F3N2/c1-3-11-4-6(2)12-5-7(8,9)10/h6,11-12H,3-5H2,1-2H3. The minimum atomic E-state index is -4.11. The lowest BCUT2D eigenvalue weighted by Gasteiger charge is -2.15. The van der Waals surface area contributed by atoms with Gasteiger partial charge in [-0.3, -0.25) is 0 Å². The third-order valence-electron chi connectivity index (χ3n) is 1.35. The summed E-state index contributed by atoms with van der Waals surface area (Å²) in [7, 11) is 0. The number of likely N-dealkylation sites (N-methyl/N-ethyl adjacent to an activating group) is 1. The lowest BCUT2D eigenvalue weighted by molar-refractivity contribution is -0.125. The van der Waals surface area contributed by atoms with Crippen molar-refractivity contribution >= 4 is 0 Å². The molecule has 1 unspecified atom stereocenters. The first-order chi connectivity index (χ1) is 5.45. The van der Waals surface area contributed by atoms with E-state index in [1.807, 2.05) is 6.92 Å². The van der Waals surface area contributed by atoms with Gasteiger partial charge in [0.1, 0.15) is 0 Å². The minimum Gasteiger partial charge on any atom is -0.315 e. The van der Waals surface area contributed by atoms with E-state index in [4.69, 9.17) is 0 Å². The van der Waals surface area contributed by atoms with Gasteiger partial charge in [0.05, 0.1) is 6.54 Å². The zero-order valence-electron chi connectivity index (χ0n) is 7.33. The van der Waals surface area contributed by atoms with Crippen LogP contribution in [0.2, 0.25) is 0 Å². The van der Waals surface area contributed by atoms with Crippen LogP contribution in [0.4, 0.5) is 13.2 Å². The molecule has 0 aliphatic heterocycles. The van der Waals surface area contributed by atoms with Gasteiger partial charge in [0.15, 0.2) is 0 Å². The highest BCUT2D eigenvalue weighted by Gasteiger charge is 2.26. The fourth-order valence-corrected chi connectivity index (χ4v) is 0.723. The lowest BCUT2D eigenvalue weighted by Crippen LogP contribution is -2.41. The molecule has 0 amide bonds. The molecule has 0 rings (SSSR count). The predicted molar refractivity (Wildman–Crippen MR) is 42.1 cm³/mol. The second kappa shape index (κ2) is 5.37. The van der Waals surface area contributed by atoms with Crippen molar-refractivity contribution in [3.8, 4) is 0 Å². The molecular weight excluding hydrogens is 169 g/mol. The Morgan fingerprint density at radius 1 is 1.33 bits per heavy atom. The number of nitrogens with one attached hydrogen (secondary N) is 2. The second-order valence-corrected chi connectivity index (χ2v) is 2.70. The molecule has 2 nitrogen and oxygen atoms in total. The van der Waals surface area contributed by atoms with Crippen LogP contribution in [0, 0.1) is 0 Å². The van der Waals surface area contributed by atoms with E-state index in [1.165, 1.54) is 0 Å². The highest BCUT2D eigenvalue weighted by molar-refractivity contribution is 4.65. The summed E-state index contributed by atoms with van der Waals surface area (Å²) >= 11 is 0. The van der Waals surface area contributed by atoms with E-state index in [-0.39, 0.29) is 6.04 Å². The lowest BCUT2D eigenvalue weighted by atomic mass is 10.3. The van der Waals surface area contributed by atoms with Crippen molar-refractivity contribution in [1.82, 2.24) is 10.6 Å². The van der Waals surface area contributed by atoms with Gasteiger partial charge in [0.2, 0.25) is 0 Å². The average Bonchev–Trinajstić information content (AvgIpc) is 1.95. The van der Waals surface area contributed by atoms with E-state index >= 15 is 0 Å². The van der Waals surface area contributed by atoms with E-state index in [9.17, 15) is 13.2 Å². The Balaban J connectivity index is 3.37. The molecule has 0 bridgehead atoms. The van der Waals surface area contributed by atoms with Crippen LogP contribution in [0.5, 0.6) is 0 Å². The van der Waals surface area contributed by atoms with E-state index < -0.39 is 12.7 Å². The van der Waals surface area contributed by atoms with E-state index in [1.54, 1.807) is 6.92 Å². The first-order valence-corrected chi connectivity index (χ1v) is 3.96. The molecule has 0 fully saturated rings. The van der Waals surface area contributed by atoms with Gasteiger partial charge in [-0.2, -0.15) is 13.2 Å². The maximum atomic E-state index is 11.7. The molecule has 0 aliphatic carbocycles. The third-order valence-corrected chi connectivity index (χ3v) is 1.35. The second-order valence-electron chi connectivity index (χ2n) is 2.70. The molecule has 0 saturated heterocycles. The topological polar surface area (TPSA) is 24.1 Å². The first kappa shape index (κ1) is 11.7. The van der Waals surface area contributed by atoms with Gasteiger partial charge < -0.3 is 10.6 Å². The van der Waals surface area contributed by atoms with Crippen molar-refractivity contribution in [1.29, 1.82) is 0 Å². The summed E-state index contributed by atoms with van der Waals surface area (Å²) in [5.74, 6) is 0. The quantitative estimate of drug-likeness (QED) is 0.669. The van der Waals surface area contributed by atoms with Gasteiger partial charge >= 0.3 is 6.18 Å². The van der Waals surface area contributed by atoms with Gasteiger partial charge in [0, 0.05) is 12.6 Å². The summed E-state index contributed by atoms with van der Waals surface area (Å²) in [4.78, 5) is 0. The molecular formula is C7H15F3N2. The SMILES string of the molecule is CCNCC(C)NCC(F)(F)F. The Morgan fingerprint density at radius 2 is 1.92 bits per heavy atom. The number of alkyl halides is 3. The predicted octanol–water partition coefficient (Wildman–Crippen LogP) is 1.14. The third kappa shape index (κ3) is 7.81. The fraction of sp³-hybridized carbons (Fsp3) is 1.00. The number of halogens is 3. The summed E-state index contributed by atoms with van der Waals surface area (Å²) in [6, 6.07) is -0.147. The van der Waals surface area contributed by atoms with Gasteiger partial charge in [0.25, 0.3) is 0 Å². The van der Waals surface area contributed by atoms with Crippen LogP contribution in [0.1, 0.15) is 13.8 Å². The van der Waals surface area contributed by atoms with Crippen molar-refractivity contribution in [3.63, 3.8) is 0 Å². The summed E-state index contributed by atoms with van der Waals surface area (Å²) in [5.41, 5.74) is 0. The Morgan fingerprint density at radius 3 is 2.33 bits per heavy atom. The molecule has 1 atom stereocenters. The molecule has 0 aromatic rings. The fourth-order valence-electron chi connectivity index (χ4n) is 0.723. The average molecular weight is 184 g/mol. The molecule has 12 heavy (non-hydrogen) atoms. The molecule has 2 N–H and O–H groups in total. The molecule has 0 saturated carbocycles. The van der Waals surface area contributed by atoms with E-state index in [2.05, 4.69) is 10.6 Å². The molecule has 0 heterocycles. The van der Waals surface area contributed by atoms with Crippen molar-refractivity contribution in [3.05, 3.63) is 0 Å². The largest absolute Gasteiger partial charge is 0.401 e. The number of hydrogen-bond acceptors (Lipinski definition) is 2. The van der Waals surface area contributed by atoms with E-state index in [0.29, 0.717) is 6.54 Å². The van der Waals surface area contributed by atoms with Crippen LogP contribution in [0.25, 0.3) is 0 Å². The molecule has 0 aromatic heterocycles. The Hall–Kier alpha value is -0.290. The molecule has 74 valence electrons. The highest BCUT2D eigenvalue weighted by atomic mass is 19.4. The summed E-state index contributed by atoms with van der Waals surface area (Å²) in [5, 5.41) is 5.32. The van der Waals surface area contributed by atoms with E-state index in [0.717, 1.165) is 6.54 Å². The maximum absolute atomic E-state index is 11.7. The van der Waals surface area contributed by atoms with Crippen LogP contribution in [-0.4, -0.2) is 31.9 Å². The van der Waals surface area contributed by atoms with Gasteiger partial charge in [-0.05, 0) is 13.5 Å². The highest BCUT2D eigenvalue weighted by Crippen LogP contribution is 2.12. The van der Waals surface area contributed by atoms with Gasteiger partial charge in [-0.15, -0.1) is 0 Å². The first-order valence-electron chi connectivity index (χ1n) is 3.96. The normalized spacial score (nSPS) is 14.8. The van der Waals surface area contributed by atoms with Crippen molar-refractivity contribution in [2.24, 2.45) is 0 Å². The minimum absolute atomic E-state index is 0.147. The molecule has 0 aromatic carbocycles. The van der Waals surface area contributed by atoms with Crippen LogP contribution in [-0.2, 0) is 0 Å². The zero-order valence-corrected chi connectivity index (χ0v) is 7.33. The molecule has 0 radical (unpaired) electrons. The summed E-state index contributed by atoms with van der Waals surface area (Å²) in [6.45, 7) is 4.05. The van der Waals surface area contributed by atoms with Crippen molar-refractivity contribution in [2.75, 3.05) is 19.6 Å². The van der Waals surface area contributed by atoms with Crippen LogP contribution in [0.3, 0.4) is 0 Å². The Kier molecular flexibility index (Phi) is 5.24. The zero-order chi connectivity index (χ0) is 9.61. The van der Waals surface area contributed by atoms with Crippen molar-refractivity contribution < 1.29 is 13.2 Å². The molecule has 5 heteroatoms.